The van der Waals surface area contributed by atoms with Crippen LogP contribution in [0.15, 0.2) is 22.5 Å². The van der Waals surface area contributed by atoms with Gasteiger partial charge in [0.2, 0.25) is 0 Å². The molecule has 0 aromatic carbocycles. The van der Waals surface area contributed by atoms with Crippen molar-refractivity contribution in [2.75, 3.05) is 31.1 Å². The van der Waals surface area contributed by atoms with E-state index in [1.54, 1.807) is 0 Å². The zero-order chi connectivity index (χ0) is 16.1. The Labute approximate surface area is 165 Å². The first-order valence-corrected chi connectivity index (χ1v) is 9.62. The van der Waals surface area contributed by atoms with E-state index in [2.05, 4.69) is 45.0 Å². The minimum Gasteiger partial charge on any atom is -0.388 e. The van der Waals surface area contributed by atoms with E-state index in [1.807, 2.05) is 11.3 Å². The average molecular weight is 464 g/mol. The number of aliphatic imine (C=N–C) groups is 1. The van der Waals surface area contributed by atoms with E-state index in [0.717, 1.165) is 57.7 Å². The Morgan fingerprint density at radius 3 is 2.71 bits per heavy atom. The summed E-state index contributed by atoms with van der Waals surface area (Å²) in [5, 5.41) is 20.6. The SMILES string of the molecule is CCNC(=NCC1(O)CCC1)NC1CCN(c2cccs2)CC1.I. The fraction of sp³-hybridized carbons (Fsp3) is 0.706. The van der Waals surface area contributed by atoms with Crippen LogP contribution < -0.4 is 15.5 Å². The van der Waals surface area contributed by atoms with Crippen LogP contribution in [-0.2, 0) is 0 Å². The van der Waals surface area contributed by atoms with Crippen LogP contribution in [-0.4, -0.2) is 48.9 Å². The Morgan fingerprint density at radius 2 is 2.17 bits per heavy atom. The number of hydrogen-bond donors (Lipinski definition) is 3. The highest BCUT2D eigenvalue weighted by Gasteiger charge is 2.34. The monoisotopic (exact) mass is 464 g/mol. The third-order valence-corrected chi connectivity index (χ3v) is 5.74. The van der Waals surface area contributed by atoms with Gasteiger partial charge in [0.1, 0.15) is 0 Å². The topological polar surface area (TPSA) is 59.9 Å². The minimum atomic E-state index is -0.551. The molecule has 0 spiro atoms. The molecule has 7 heteroatoms. The number of rotatable bonds is 5. The summed E-state index contributed by atoms with van der Waals surface area (Å²) in [4.78, 5) is 7.07. The molecule has 2 heterocycles. The second kappa shape index (κ2) is 9.24. The predicted octanol–water partition coefficient (Wildman–Crippen LogP) is 2.81. The summed E-state index contributed by atoms with van der Waals surface area (Å²) in [6, 6.07) is 4.77. The van der Waals surface area contributed by atoms with Crippen LogP contribution in [0, 0.1) is 0 Å². The lowest BCUT2D eigenvalue weighted by Crippen LogP contribution is -2.49. The molecule has 3 rings (SSSR count). The van der Waals surface area contributed by atoms with Gasteiger partial charge in [-0.15, -0.1) is 35.3 Å². The summed E-state index contributed by atoms with van der Waals surface area (Å²) in [5.74, 6) is 0.849. The first-order valence-electron chi connectivity index (χ1n) is 8.74. The van der Waals surface area contributed by atoms with Crippen LogP contribution in [0.2, 0.25) is 0 Å². The fourth-order valence-corrected chi connectivity index (χ4v) is 3.96. The van der Waals surface area contributed by atoms with Crippen LogP contribution in [0.1, 0.15) is 39.0 Å². The van der Waals surface area contributed by atoms with E-state index in [9.17, 15) is 5.11 Å². The van der Waals surface area contributed by atoms with Gasteiger partial charge in [-0.05, 0) is 56.5 Å². The number of aliphatic hydroxyl groups is 1. The molecule has 1 saturated heterocycles. The smallest absolute Gasteiger partial charge is 0.191 e. The van der Waals surface area contributed by atoms with E-state index in [-0.39, 0.29) is 24.0 Å². The molecule has 0 atom stereocenters. The van der Waals surface area contributed by atoms with Crippen LogP contribution in [0.25, 0.3) is 0 Å². The van der Waals surface area contributed by atoms with Gasteiger partial charge in [-0.1, -0.05) is 0 Å². The van der Waals surface area contributed by atoms with E-state index in [1.165, 1.54) is 5.00 Å². The molecule has 0 bridgehead atoms. The lowest BCUT2D eigenvalue weighted by Gasteiger charge is -2.36. The summed E-state index contributed by atoms with van der Waals surface area (Å²) in [5.41, 5.74) is -0.551. The average Bonchev–Trinajstić information content (AvgIpc) is 3.06. The quantitative estimate of drug-likeness (QED) is 0.357. The number of piperidine rings is 1. The lowest BCUT2D eigenvalue weighted by molar-refractivity contribution is -0.0236. The summed E-state index contributed by atoms with van der Waals surface area (Å²) < 4.78 is 0. The van der Waals surface area contributed by atoms with Gasteiger partial charge in [-0.3, -0.25) is 4.99 Å². The third-order valence-electron chi connectivity index (χ3n) is 4.81. The maximum Gasteiger partial charge on any atom is 0.191 e. The second-order valence-electron chi connectivity index (χ2n) is 6.63. The molecule has 1 aromatic heterocycles. The largest absolute Gasteiger partial charge is 0.388 e. The van der Waals surface area contributed by atoms with Gasteiger partial charge in [-0.25, -0.2) is 0 Å². The highest BCUT2D eigenvalue weighted by molar-refractivity contribution is 14.0. The van der Waals surface area contributed by atoms with Crippen LogP contribution >= 0.6 is 35.3 Å². The summed E-state index contributed by atoms with van der Waals surface area (Å²) >= 11 is 1.81. The van der Waals surface area contributed by atoms with E-state index in [4.69, 9.17) is 0 Å². The van der Waals surface area contributed by atoms with Crippen molar-refractivity contribution in [2.45, 2.75) is 50.7 Å². The van der Waals surface area contributed by atoms with Gasteiger partial charge in [-0.2, -0.15) is 0 Å². The maximum atomic E-state index is 10.2. The van der Waals surface area contributed by atoms with Gasteiger partial charge < -0.3 is 20.6 Å². The van der Waals surface area contributed by atoms with Crippen molar-refractivity contribution in [3.05, 3.63) is 17.5 Å². The van der Waals surface area contributed by atoms with Crippen molar-refractivity contribution in [1.82, 2.24) is 10.6 Å². The van der Waals surface area contributed by atoms with Gasteiger partial charge in [0, 0.05) is 25.7 Å². The van der Waals surface area contributed by atoms with Crippen molar-refractivity contribution in [2.24, 2.45) is 4.99 Å². The number of halogens is 1. The third kappa shape index (κ3) is 5.23. The minimum absolute atomic E-state index is 0. The molecule has 1 aromatic rings. The maximum absolute atomic E-state index is 10.2. The van der Waals surface area contributed by atoms with Crippen LogP contribution in [0.3, 0.4) is 0 Å². The number of thiophene rings is 1. The molecule has 1 saturated carbocycles. The molecule has 3 N–H and O–H groups in total. The Balaban J connectivity index is 0.00000208. The van der Waals surface area contributed by atoms with Crippen molar-refractivity contribution >= 4 is 46.3 Å². The highest BCUT2D eigenvalue weighted by Crippen LogP contribution is 2.31. The Hall–Kier alpha value is -0.540. The molecule has 1 aliphatic carbocycles. The van der Waals surface area contributed by atoms with Crippen LogP contribution in [0.5, 0.6) is 0 Å². The lowest BCUT2D eigenvalue weighted by atomic mass is 9.80. The number of guanidine groups is 1. The fourth-order valence-electron chi connectivity index (χ4n) is 3.18. The normalized spacial score (nSPS) is 20.9. The molecule has 5 nitrogen and oxygen atoms in total. The van der Waals surface area contributed by atoms with Crippen molar-refractivity contribution < 1.29 is 5.11 Å². The van der Waals surface area contributed by atoms with E-state index in [0.29, 0.717) is 12.6 Å². The highest BCUT2D eigenvalue weighted by atomic mass is 127. The predicted molar refractivity (Wildman–Crippen MR) is 113 cm³/mol. The standard InChI is InChI=1S/C17H28N4OS.HI/c1-2-18-16(19-13-17(22)8-4-9-17)20-14-6-10-21(11-7-14)15-5-3-12-23-15;/h3,5,12,14,22H,2,4,6-11,13H2,1H3,(H2,18,19,20);1H. The molecular weight excluding hydrogens is 435 g/mol. The molecule has 136 valence electrons. The summed E-state index contributed by atoms with van der Waals surface area (Å²) in [6.07, 6.45) is 5.13. The van der Waals surface area contributed by atoms with Gasteiger partial charge in [0.05, 0.1) is 17.1 Å². The van der Waals surface area contributed by atoms with Crippen molar-refractivity contribution in [1.29, 1.82) is 0 Å². The molecule has 2 aliphatic rings. The zero-order valence-corrected chi connectivity index (χ0v) is 17.5. The first kappa shape index (κ1) is 19.8. The molecule has 0 amide bonds. The molecule has 0 unspecified atom stereocenters. The molecule has 2 fully saturated rings. The number of anilines is 1. The molecule has 0 radical (unpaired) electrons. The number of nitrogens with one attached hydrogen (secondary N) is 2. The number of hydrogen-bond acceptors (Lipinski definition) is 4. The van der Waals surface area contributed by atoms with Gasteiger partial charge in [0.25, 0.3) is 0 Å². The van der Waals surface area contributed by atoms with Gasteiger partial charge >= 0.3 is 0 Å². The molecular formula is C17H29IN4OS. The van der Waals surface area contributed by atoms with Crippen LogP contribution in [0.4, 0.5) is 5.00 Å². The van der Waals surface area contributed by atoms with E-state index < -0.39 is 5.60 Å². The van der Waals surface area contributed by atoms with E-state index >= 15 is 0 Å². The summed E-state index contributed by atoms with van der Waals surface area (Å²) in [7, 11) is 0. The Bertz CT molecular complexity index is 511. The zero-order valence-electron chi connectivity index (χ0n) is 14.3. The van der Waals surface area contributed by atoms with Crippen molar-refractivity contribution in [3.8, 4) is 0 Å². The number of nitrogens with zero attached hydrogens (tertiary/aromatic N) is 2. The molecule has 1 aliphatic heterocycles. The second-order valence-corrected chi connectivity index (χ2v) is 7.56. The molecule has 24 heavy (non-hydrogen) atoms. The Kier molecular flexibility index (Phi) is 7.61. The Morgan fingerprint density at radius 1 is 1.42 bits per heavy atom. The van der Waals surface area contributed by atoms with Gasteiger partial charge in [0.15, 0.2) is 5.96 Å². The van der Waals surface area contributed by atoms with Crippen molar-refractivity contribution in [3.63, 3.8) is 0 Å². The first-order chi connectivity index (χ1) is 11.2. The summed E-state index contributed by atoms with van der Waals surface area (Å²) in [6.45, 7) is 5.60.